The van der Waals surface area contributed by atoms with E-state index in [2.05, 4.69) is 21.6 Å². The number of pyridine rings is 1. The van der Waals surface area contributed by atoms with E-state index in [1.807, 2.05) is 25.1 Å². The monoisotopic (exact) mass is 403 g/mol. The summed E-state index contributed by atoms with van der Waals surface area (Å²) in [5.74, 6) is 0. The van der Waals surface area contributed by atoms with Gasteiger partial charge in [-0.1, -0.05) is 16.9 Å². The first kappa shape index (κ1) is 19.8. The molecule has 8 heteroatoms. The van der Waals surface area contributed by atoms with Crippen molar-refractivity contribution in [1.82, 2.24) is 4.98 Å². The Morgan fingerprint density at radius 1 is 1.44 bits per heavy atom. The first-order chi connectivity index (χ1) is 13.2. The van der Waals surface area contributed by atoms with E-state index < -0.39 is 0 Å². The van der Waals surface area contributed by atoms with E-state index in [1.165, 1.54) is 9.77 Å². The van der Waals surface area contributed by atoms with Gasteiger partial charge in [0.25, 0.3) is 0 Å². The fraction of sp³-hybridized carbons (Fsp3) is 0.421. The molecule has 3 heterocycles. The van der Waals surface area contributed by atoms with Gasteiger partial charge in [0.15, 0.2) is 0 Å². The van der Waals surface area contributed by atoms with Gasteiger partial charge in [0, 0.05) is 44.9 Å². The lowest BCUT2D eigenvalue weighted by Gasteiger charge is -2.35. The van der Waals surface area contributed by atoms with E-state index in [0.29, 0.717) is 5.71 Å². The molecule has 0 aliphatic carbocycles. The molecule has 0 amide bonds. The molecule has 0 saturated carbocycles. The highest BCUT2D eigenvalue weighted by molar-refractivity contribution is 8.01. The van der Waals surface area contributed by atoms with Gasteiger partial charge in [-0.3, -0.25) is 0 Å². The van der Waals surface area contributed by atoms with Crippen LogP contribution in [0.5, 0.6) is 0 Å². The van der Waals surface area contributed by atoms with Gasteiger partial charge >= 0.3 is 0 Å². The first-order valence-corrected chi connectivity index (χ1v) is 10.3. The summed E-state index contributed by atoms with van der Waals surface area (Å²) in [6.45, 7) is 3.22. The Labute approximate surface area is 167 Å². The Bertz CT molecular complexity index is 821. The SMILES string of the molecule is COC1(c2csc(Sc3ccc(C(C)=NOCC#N)cn3)c2)CCOCC1. The molecular formula is C19H21N3O3S2. The Morgan fingerprint density at radius 3 is 2.93 bits per heavy atom. The third kappa shape index (κ3) is 4.87. The standard InChI is InChI=1S/C19H21N3O3S2/c1-14(22-25-10-7-20)15-3-4-17(21-12-15)27-18-11-16(13-26-18)19(23-2)5-8-24-9-6-19/h3-4,11-13H,5-6,8-10H2,1-2H3. The zero-order valence-corrected chi connectivity index (χ0v) is 16.9. The van der Waals surface area contributed by atoms with Crippen molar-refractivity contribution in [2.75, 3.05) is 26.9 Å². The Balaban J connectivity index is 1.67. The summed E-state index contributed by atoms with van der Waals surface area (Å²) in [7, 11) is 1.78. The van der Waals surface area contributed by atoms with Gasteiger partial charge in [-0.15, -0.1) is 11.3 Å². The summed E-state index contributed by atoms with van der Waals surface area (Å²) in [5, 5.41) is 15.5. The normalized spacial score (nSPS) is 16.7. The van der Waals surface area contributed by atoms with Crippen molar-refractivity contribution in [2.45, 2.75) is 34.6 Å². The van der Waals surface area contributed by atoms with Crippen LogP contribution in [-0.4, -0.2) is 37.6 Å². The number of nitrogens with zero attached hydrogens (tertiary/aromatic N) is 3. The van der Waals surface area contributed by atoms with E-state index >= 15 is 0 Å². The Kier molecular flexibility index (Phi) is 6.85. The van der Waals surface area contributed by atoms with Crippen molar-refractivity contribution in [2.24, 2.45) is 5.16 Å². The van der Waals surface area contributed by atoms with Gasteiger partial charge in [0.1, 0.15) is 11.1 Å². The van der Waals surface area contributed by atoms with Crippen molar-refractivity contribution in [1.29, 1.82) is 5.26 Å². The van der Waals surface area contributed by atoms with Crippen LogP contribution in [0, 0.1) is 11.3 Å². The minimum absolute atomic E-state index is 0.0610. The Morgan fingerprint density at radius 2 is 2.26 bits per heavy atom. The molecule has 0 spiro atoms. The molecule has 1 fully saturated rings. The lowest BCUT2D eigenvalue weighted by Crippen LogP contribution is -2.35. The molecule has 142 valence electrons. The van der Waals surface area contributed by atoms with Crippen molar-refractivity contribution >= 4 is 28.8 Å². The van der Waals surface area contributed by atoms with Gasteiger partial charge in [0.2, 0.25) is 6.61 Å². The van der Waals surface area contributed by atoms with E-state index in [4.69, 9.17) is 19.6 Å². The second-order valence-electron chi connectivity index (χ2n) is 6.06. The lowest BCUT2D eigenvalue weighted by atomic mass is 9.88. The summed E-state index contributed by atoms with van der Waals surface area (Å²) >= 11 is 3.33. The number of methoxy groups -OCH3 is 1. The first-order valence-electron chi connectivity index (χ1n) is 8.56. The van der Waals surface area contributed by atoms with Gasteiger partial charge < -0.3 is 14.3 Å². The molecule has 6 nitrogen and oxygen atoms in total. The predicted molar refractivity (Wildman–Crippen MR) is 105 cm³/mol. The maximum Gasteiger partial charge on any atom is 0.202 e. The van der Waals surface area contributed by atoms with Gasteiger partial charge in [-0.25, -0.2) is 4.98 Å². The molecule has 3 rings (SSSR count). The molecular weight excluding hydrogens is 382 g/mol. The fourth-order valence-corrected chi connectivity index (χ4v) is 4.84. The summed E-state index contributed by atoms with van der Waals surface area (Å²) in [5.41, 5.74) is 2.54. The maximum atomic E-state index is 8.47. The summed E-state index contributed by atoms with van der Waals surface area (Å²) in [4.78, 5) is 9.38. The average Bonchev–Trinajstić information content (AvgIpc) is 3.18. The summed E-state index contributed by atoms with van der Waals surface area (Å²) in [6, 6.07) is 7.99. The minimum Gasteiger partial charge on any atom is -0.381 e. The van der Waals surface area contributed by atoms with Crippen molar-refractivity contribution in [3.05, 3.63) is 40.9 Å². The average molecular weight is 404 g/mol. The highest BCUT2D eigenvalue weighted by Crippen LogP contribution is 2.41. The van der Waals surface area contributed by atoms with Crippen molar-refractivity contribution in [3.8, 4) is 6.07 Å². The zero-order chi connectivity index (χ0) is 19.1. The van der Waals surface area contributed by atoms with E-state index in [0.717, 1.165) is 36.6 Å². The molecule has 0 bridgehead atoms. The third-order valence-corrected chi connectivity index (χ3v) is 6.51. The second-order valence-corrected chi connectivity index (χ2v) is 8.29. The second kappa shape index (κ2) is 9.33. The quantitative estimate of drug-likeness (QED) is 0.391. The number of hydrogen-bond donors (Lipinski definition) is 0. The number of ether oxygens (including phenoxy) is 2. The number of nitriles is 1. The highest BCUT2D eigenvalue weighted by Gasteiger charge is 2.35. The molecule has 1 aliphatic heterocycles. The van der Waals surface area contributed by atoms with Crippen molar-refractivity contribution in [3.63, 3.8) is 0 Å². The van der Waals surface area contributed by atoms with Crippen LogP contribution in [0.15, 0.2) is 44.2 Å². The van der Waals surface area contributed by atoms with Crippen LogP contribution in [0.25, 0.3) is 0 Å². The van der Waals surface area contributed by atoms with E-state index in [1.54, 1.807) is 36.4 Å². The number of aromatic nitrogens is 1. The van der Waals surface area contributed by atoms with Crippen LogP contribution in [0.3, 0.4) is 0 Å². The van der Waals surface area contributed by atoms with Gasteiger partial charge in [-0.05, 0) is 36.1 Å². The van der Waals surface area contributed by atoms with E-state index in [-0.39, 0.29) is 12.2 Å². The molecule has 0 radical (unpaired) electrons. The molecule has 0 aromatic carbocycles. The summed E-state index contributed by atoms with van der Waals surface area (Å²) in [6.07, 6.45) is 3.52. The minimum atomic E-state index is -0.234. The molecule has 1 aliphatic rings. The molecule has 0 N–H and O–H groups in total. The number of rotatable bonds is 7. The van der Waals surface area contributed by atoms with E-state index in [9.17, 15) is 0 Å². The van der Waals surface area contributed by atoms with Crippen LogP contribution >= 0.6 is 23.1 Å². The molecule has 27 heavy (non-hydrogen) atoms. The van der Waals surface area contributed by atoms with Crippen LogP contribution in [0.4, 0.5) is 0 Å². The highest BCUT2D eigenvalue weighted by atomic mass is 32.2. The van der Waals surface area contributed by atoms with Crippen LogP contribution in [0.1, 0.15) is 30.9 Å². The number of thiophene rings is 1. The predicted octanol–water partition coefficient (Wildman–Crippen LogP) is 4.21. The van der Waals surface area contributed by atoms with Gasteiger partial charge in [-0.2, -0.15) is 5.26 Å². The Hall–Kier alpha value is -1.92. The number of oxime groups is 1. The van der Waals surface area contributed by atoms with Crippen LogP contribution in [-0.2, 0) is 19.9 Å². The summed E-state index contributed by atoms with van der Waals surface area (Å²) < 4.78 is 12.5. The largest absolute Gasteiger partial charge is 0.381 e. The molecule has 2 aromatic heterocycles. The lowest BCUT2D eigenvalue weighted by molar-refractivity contribution is -0.0946. The fourth-order valence-electron chi connectivity index (χ4n) is 2.89. The van der Waals surface area contributed by atoms with Gasteiger partial charge in [0.05, 0.1) is 15.5 Å². The topological polar surface area (TPSA) is 76.7 Å². The third-order valence-electron chi connectivity index (χ3n) is 4.48. The molecule has 2 aromatic rings. The van der Waals surface area contributed by atoms with Crippen molar-refractivity contribution < 1.29 is 14.3 Å². The maximum absolute atomic E-state index is 8.47. The molecule has 1 saturated heterocycles. The smallest absolute Gasteiger partial charge is 0.202 e. The number of hydrogen-bond acceptors (Lipinski definition) is 8. The van der Waals surface area contributed by atoms with Crippen LogP contribution < -0.4 is 0 Å². The molecule has 0 unspecified atom stereocenters. The zero-order valence-electron chi connectivity index (χ0n) is 15.3. The molecule has 0 atom stereocenters. The van der Waals surface area contributed by atoms with Crippen LogP contribution in [0.2, 0.25) is 0 Å².